The highest BCUT2D eigenvalue weighted by Gasteiger charge is 2.19. The number of aromatic nitrogens is 1. The second kappa shape index (κ2) is 15.0. The molecule has 1 aliphatic heterocycles. The van der Waals surface area contributed by atoms with Crippen LogP contribution in [0.1, 0.15) is 48.8 Å². The highest BCUT2D eigenvalue weighted by atomic mass is 16.5. The van der Waals surface area contributed by atoms with E-state index in [0.717, 1.165) is 55.5 Å². The molecule has 4 rings (SSSR count). The standard InChI is InChI=1S/C31H38N4O5/c36-29(33-39)15-14-24-10-12-25(13-11-24)23-34(19-16-26-22-32-28-7-2-1-6-27(26)28)20-21-40-31(38)9-3-4-17-35-18-5-8-30(35)37/h1-2,6-7,10-15,22,32,39H,3-5,8-9,16-21,23H2,(H,33,36)/b15-14+. The number of para-hydroxylation sites is 1. The number of nitrogens with zero attached hydrogens (tertiary/aromatic N) is 2. The van der Waals surface area contributed by atoms with E-state index in [0.29, 0.717) is 39.0 Å². The Bertz CT molecular complexity index is 1300. The fraction of sp³-hybridized carbons (Fsp3) is 0.387. The number of esters is 1. The van der Waals surface area contributed by atoms with Crippen LogP contribution in [0, 0.1) is 0 Å². The lowest BCUT2D eigenvalue weighted by molar-refractivity contribution is -0.144. The number of hydrogen-bond acceptors (Lipinski definition) is 6. The molecule has 3 aromatic rings. The van der Waals surface area contributed by atoms with Gasteiger partial charge in [0.25, 0.3) is 5.91 Å². The summed E-state index contributed by atoms with van der Waals surface area (Å²) in [7, 11) is 0. The number of ether oxygens (including phenoxy) is 1. The number of fused-ring (bicyclic) bond motifs is 1. The van der Waals surface area contributed by atoms with E-state index in [2.05, 4.69) is 28.2 Å². The van der Waals surface area contributed by atoms with Gasteiger partial charge in [0.1, 0.15) is 6.61 Å². The predicted molar refractivity (Wildman–Crippen MR) is 153 cm³/mol. The number of H-pyrrole nitrogens is 1. The van der Waals surface area contributed by atoms with E-state index in [1.807, 2.05) is 41.3 Å². The van der Waals surface area contributed by atoms with E-state index in [1.54, 1.807) is 11.6 Å². The first-order valence-corrected chi connectivity index (χ1v) is 13.9. The minimum atomic E-state index is -0.580. The van der Waals surface area contributed by atoms with Gasteiger partial charge in [-0.15, -0.1) is 0 Å². The second-order valence-corrected chi connectivity index (χ2v) is 10.1. The van der Waals surface area contributed by atoms with E-state index < -0.39 is 5.91 Å². The number of hydroxylamine groups is 1. The maximum atomic E-state index is 12.3. The van der Waals surface area contributed by atoms with Gasteiger partial charge < -0.3 is 14.6 Å². The van der Waals surface area contributed by atoms with Crippen LogP contribution in [-0.4, -0.2) is 70.6 Å². The first-order chi connectivity index (χ1) is 19.5. The molecule has 1 saturated heterocycles. The summed E-state index contributed by atoms with van der Waals surface area (Å²) < 4.78 is 5.56. The average Bonchev–Trinajstić information content (AvgIpc) is 3.58. The van der Waals surface area contributed by atoms with Gasteiger partial charge in [0, 0.05) is 68.7 Å². The van der Waals surface area contributed by atoms with Crippen molar-refractivity contribution in [3.05, 3.63) is 77.5 Å². The van der Waals surface area contributed by atoms with E-state index in [-0.39, 0.29) is 11.9 Å². The average molecular weight is 547 g/mol. The molecule has 2 amide bonds. The molecule has 0 aliphatic carbocycles. The number of carbonyl (C=O) groups is 3. The number of carbonyl (C=O) groups excluding carboxylic acids is 3. The highest BCUT2D eigenvalue weighted by Crippen LogP contribution is 2.19. The molecular formula is C31H38N4O5. The van der Waals surface area contributed by atoms with Gasteiger partial charge in [-0.1, -0.05) is 42.5 Å². The summed E-state index contributed by atoms with van der Waals surface area (Å²) in [6.45, 7) is 3.95. The minimum absolute atomic E-state index is 0.201. The van der Waals surface area contributed by atoms with Gasteiger partial charge in [-0.3, -0.25) is 24.5 Å². The molecule has 0 saturated carbocycles. The minimum Gasteiger partial charge on any atom is -0.464 e. The maximum absolute atomic E-state index is 12.3. The molecule has 0 unspecified atom stereocenters. The normalized spacial score (nSPS) is 13.6. The lowest BCUT2D eigenvalue weighted by Gasteiger charge is -2.22. The molecule has 0 bridgehead atoms. The molecule has 212 valence electrons. The second-order valence-electron chi connectivity index (χ2n) is 10.1. The van der Waals surface area contributed by atoms with Crippen LogP contribution in [0.5, 0.6) is 0 Å². The first-order valence-electron chi connectivity index (χ1n) is 13.9. The molecular weight excluding hydrogens is 508 g/mol. The van der Waals surface area contributed by atoms with Crippen molar-refractivity contribution in [2.24, 2.45) is 0 Å². The Hall–Kier alpha value is -3.95. The van der Waals surface area contributed by atoms with Crippen LogP contribution in [0.15, 0.2) is 60.8 Å². The van der Waals surface area contributed by atoms with Crippen LogP contribution >= 0.6 is 0 Å². The Morgan fingerprint density at radius 3 is 2.70 bits per heavy atom. The van der Waals surface area contributed by atoms with Gasteiger partial charge in [-0.05, 0) is 54.5 Å². The largest absolute Gasteiger partial charge is 0.464 e. The van der Waals surface area contributed by atoms with Gasteiger partial charge in [-0.2, -0.15) is 0 Å². The number of nitrogens with one attached hydrogen (secondary N) is 2. The van der Waals surface area contributed by atoms with Crippen molar-refractivity contribution < 1.29 is 24.3 Å². The maximum Gasteiger partial charge on any atom is 0.305 e. The molecule has 0 radical (unpaired) electrons. The lowest BCUT2D eigenvalue weighted by atomic mass is 10.1. The number of aromatic amines is 1. The number of likely N-dealkylation sites (tertiary alicyclic amines) is 1. The van der Waals surface area contributed by atoms with Crippen molar-refractivity contribution in [3.63, 3.8) is 0 Å². The molecule has 0 spiro atoms. The van der Waals surface area contributed by atoms with Crippen LogP contribution in [0.4, 0.5) is 0 Å². The Morgan fingerprint density at radius 2 is 1.93 bits per heavy atom. The van der Waals surface area contributed by atoms with Crippen molar-refractivity contribution in [1.29, 1.82) is 0 Å². The molecule has 3 N–H and O–H groups in total. The SMILES string of the molecule is O=C(/C=C/c1ccc(CN(CCOC(=O)CCCCN2CCCC2=O)CCc2c[nH]c3ccccc23)cc1)NO. The highest BCUT2D eigenvalue weighted by molar-refractivity contribution is 5.90. The summed E-state index contributed by atoms with van der Waals surface area (Å²) in [6.07, 6.45) is 9.27. The van der Waals surface area contributed by atoms with Crippen molar-refractivity contribution >= 4 is 34.8 Å². The summed E-state index contributed by atoms with van der Waals surface area (Å²) >= 11 is 0. The molecule has 40 heavy (non-hydrogen) atoms. The van der Waals surface area contributed by atoms with Crippen LogP contribution in [0.3, 0.4) is 0 Å². The van der Waals surface area contributed by atoms with E-state index in [4.69, 9.17) is 9.94 Å². The summed E-state index contributed by atoms with van der Waals surface area (Å²) in [5.74, 6) is -0.563. The van der Waals surface area contributed by atoms with Crippen LogP contribution in [0.25, 0.3) is 17.0 Å². The smallest absolute Gasteiger partial charge is 0.305 e. The topological polar surface area (TPSA) is 115 Å². The molecule has 9 heteroatoms. The molecule has 9 nitrogen and oxygen atoms in total. The molecule has 0 atom stereocenters. The number of unbranched alkanes of at least 4 members (excludes halogenated alkanes) is 1. The van der Waals surface area contributed by atoms with Gasteiger partial charge in [0.2, 0.25) is 5.91 Å². The summed E-state index contributed by atoms with van der Waals surface area (Å²) in [5, 5.41) is 9.85. The zero-order chi connectivity index (χ0) is 28.2. The summed E-state index contributed by atoms with van der Waals surface area (Å²) in [6, 6.07) is 16.1. The van der Waals surface area contributed by atoms with Gasteiger partial charge in [0.05, 0.1) is 0 Å². The number of benzene rings is 2. The fourth-order valence-electron chi connectivity index (χ4n) is 4.96. The molecule has 1 aromatic heterocycles. The fourth-order valence-corrected chi connectivity index (χ4v) is 4.96. The molecule has 2 heterocycles. The number of hydrogen-bond donors (Lipinski definition) is 3. The van der Waals surface area contributed by atoms with Crippen LogP contribution in [-0.2, 0) is 32.1 Å². The Labute approximate surface area is 234 Å². The molecule has 2 aromatic carbocycles. The summed E-state index contributed by atoms with van der Waals surface area (Å²) in [5.41, 5.74) is 5.89. The number of rotatable bonds is 15. The Balaban J connectivity index is 1.28. The van der Waals surface area contributed by atoms with E-state index >= 15 is 0 Å². The zero-order valence-electron chi connectivity index (χ0n) is 22.8. The third kappa shape index (κ3) is 8.79. The quantitative estimate of drug-likeness (QED) is 0.0871. The Kier molecular flexibility index (Phi) is 10.9. The zero-order valence-corrected chi connectivity index (χ0v) is 22.8. The third-order valence-electron chi connectivity index (χ3n) is 7.20. The van der Waals surface area contributed by atoms with Crippen LogP contribution in [0.2, 0.25) is 0 Å². The van der Waals surface area contributed by atoms with E-state index in [1.165, 1.54) is 17.0 Å². The third-order valence-corrected chi connectivity index (χ3v) is 7.20. The monoisotopic (exact) mass is 546 g/mol. The number of amides is 2. The van der Waals surface area contributed by atoms with Crippen molar-refractivity contribution in [1.82, 2.24) is 20.3 Å². The van der Waals surface area contributed by atoms with E-state index in [9.17, 15) is 14.4 Å². The summed E-state index contributed by atoms with van der Waals surface area (Å²) in [4.78, 5) is 42.8. The van der Waals surface area contributed by atoms with Crippen molar-refractivity contribution in [2.75, 3.05) is 32.8 Å². The van der Waals surface area contributed by atoms with Crippen LogP contribution < -0.4 is 5.48 Å². The molecule has 1 aliphatic rings. The first kappa shape index (κ1) is 29.0. The lowest BCUT2D eigenvalue weighted by Crippen LogP contribution is -2.30. The van der Waals surface area contributed by atoms with Gasteiger partial charge >= 0.3 is 5.97 Å². The van der Waals surface area contributed by atoms with Gasteiger partial charge in [0.15, 0.2) is 0 Å². The molecule has 1 fully saturated rings. The van der Waals surface area contributed by atoms with Crippen molar-refractivity contribution in [2.45, 2.75) is 45.1 Å². The predicted octanol–water partition coefficient (Wildman–Crippen LogP) is 4.07. The van der Waals surface area contributed by atoms with Gasteiger partial charge in [-0.25, -0.2) is 5.48 Å². The van der Waals surface area contributed by atoms with Crippen molar-refractivity contribution in [3.8, 4) is 0 Å². The Morgan fingerprint density at radius 1 is 1.10 bits per heavy atom.